The van der Waals surface area contributed by atoms with Crippen LogP contribution in [0.4, 0.5) is 5.82 Å². The highest BCUT2D eigenvalue weighted by molar-refractivity contribution is 5.49. The molecule has 0 aliphatic carbocycles. The van der Waals surface area contributed by atoms with E-state index in [0.717, 1.165) is 5.69 Å². The first-order chi connectivity index (χ1) is 11.7. The Bertz CT molecular complexity index is 931. The molecule has 0 bridgehead atoms. The molecule has 3 atom stereocenters. The lowest BCUT2D eigenvalue weighted by atomic mass is 10.0. The van der Waals surface area contributed by atoms with Gasteiger partial charge in [-0.3, -0.25) is 9.55 Å². The molecule has 4 rings (SSSR count). The molecule has 0 saturated heterocycles. The number of hydrogen-bond donors (Lipinski definition) is 2. The van der Waals surface area contributed by atoms with Crippen molar-refractivity contribution in [2.24, 2.45) is 10.2 Å². The van der Waals surface area contributed by atoms with Gasteiger partial charge < -0.3 is 10.1 Å². The Morgan fingerprint density at radius 1 is 1.38 bits per heavy atom. The van der Waals surface area contributed by atoms with Crippen molar-refractivity contribution in [3.05, 3.63) is 52.7 Å². The van der Waals surface area contributed by atoms with E-state index in [4.69, 9.17) is 10.00 Å². The van der Waals surface area contributed by atoms with Gasteiger partial charge in [0.15, 0.2) is 18.1 Å². The molecule has 0 spiro atoms. The lowest BCUT2D eigenvalue weighted by Gasteiger charge is -2.20. The fraction of sp³-hybridized carbons (Fsp3) is 0.250. The lowest BCUT2D eigenvalue weighted by molar-refractivity contribution is 0.276. The van der Waals surface area contributed by atoms with E-state index in [-0.39, 0.29) is 17.8 Å². The third kappa shape index (κ3) is 2.18. The number of nitrogens with one attached hydrogen (secondary N) is 2. The van der Waals surface area contributed by atoms with Crippen molar-refractivity contribution in [2.75, 3.05) is 0 Å². The number of fused-ring (bicyclic) bond motifs is 3. The van der Waals surface area contributed by atoms with Gasteiger partial charge in [-0.1, -0.05) is 6.08 Å². The third-order valence-corrected chi connectivity index (χ3v) is 4.01. The zero-order valence-corrected chi connectivity index (χ0v) is 12.8. The summed E-state index contributed by atoms with van der Waals surface area (Å²) in [5.41, 5.74) is 1.21. The molecule has 8 nitrogen and oxygen atoms in total. The summed E-state index contributed by atoms with van der Waals surface area (Å²) in [4.78, 5) is 15.1. The Morgan fingerprint density at radius 3 is 2.92 bits per heavy atom. The van der Waals surface area contributed by atoms with Crippen LogP contribution in [0.1, 0.15) is 18.5 Å². The second-order valence-electron chi connectivity index (χ2n) is 5.59. The third-order valence-electron chi connectivity index (χ3n) is 4.01. The van der Waals surface area contributed by atoms with Crippen molar-refractivity contribution < 1.29 is 4.74 Å². The predicted molar refractivity (Wildman–Crippen MR) is 85.4 cm³/mol. The number of imidazole rings is 1. The van der Waals surface area contributed by atoms with E-state index in [2.05, 4.69) is 20.5 Å². The molecule has 1 aromatic heterocycles. The van der Waals surface area contributed by atoms with Gasteiger partial charge in [0.25, 0.3) is 0 Å². The summed E-state index contributed by atoms with van der Waals surface area (Å²) in [5.74, 6) is 1.00. The molecular weight excluding hydrogens is 308 g/mol. The van der Waals surface area contributed by atoms with Gasteiger partial charge in [0, 0.05) is 0 Å². The molecule has 0 radical (unpaired) electrons. The monoisotopic (exact) mass is 322 g/mol. The van der Waals surface area contributed by atoms with Crippen LogP contribution in [-0.4, -0.2) is 21.8 Å². The van der Waals surface area contributed by atoms with E-state index in [1.165, 1.54) is 0 Å². The van der Waals surface area contributed by atoms with Crippen LogP contribution in [0.5, 0.6) is 5.75 Å². The quantitative estimate of drug-likeness (QED) is 0.902. The number of azo groups is 1. The topological polar surface area (TPSA) is 108 Å². The number of H-pyrrole nitrogens is 1. The van der Waals surface area contributed by atoms with Crippen LogP contribution in [0.3, 0.4) is 0 Å². The number of ether oxygens (including phenoxy) is 1. The second kappa shape index (κ2) is 5.38. The summed E-state index contributed by atoms with van der Waals surface area (Å²) in [7, 11) is 0. The maximum Gasteiger partial charge on any atom is 0.332 e. The molecule has 3 unspecified atom stereocenters. The molecule has 8 heteroatoms. The largest absolute Gasteiger partial charge is 0.476 e. The molecule has 3 heterocycles. The Labute approximate surface area is 137 Å². The van der Waals surface area contributed by atoms with Crippen LogP contribution in [0.2, 0.25) is 0 Å². The van der Waals surface area contributed by atoms with E-state index in [1.54, 1.807) is 35.8 Å². The van der Waals surface area contributed by atoms with Gasteiger partial charge >= 0.3 is 5.69 Å². The molecule has 1 aromatic carbocycles. The van der Waals surface area contributed by atoms with Gasteiger partial charge in [0.1, 0.15) is 11.8 Å². The smallest absolute Gasteiger partial charge is 0.332 e. The molecule has 2 aliphatic heterocycles. The molecule has 2 N–H and O–H groups in total. The molecule has 24 heavy (non-hydrogen) atoms. The van der Waals surface area contributed by atoms with Gasteiger partial charge in [-0.15, -0.1) is 5.11 Å². The first-order valence-corrected chi connectivity index (χ1v) is 7.52. The fourth-order valence-electron chi connectivity index (χ4n) is 2.91. The zero-order chi connectivity index (χ0) is 16.7. The van der Waals surface area contributed by atoms with E-state index in [1.807, 2.05) is 18.3 Å². The van der Waals surface area contributed by atoms with Gasteiger partial charge in [-0.25, -0.2) is 4.79 Å². The minimum Gasteiger partial charge on any atom is -0.476 e. The summed E-state index contributed by atoms with van der Waals surface area (Å²) in [6.45, 7) is 1.67. The van der Waals surface area contributed by atoms with Crippen LogP contribution in [0.15, 0.2) is 51.6 Å². The maximum absolute atomic E-state index is 12.4. The van der Waals surface area contributed by atoms with Gasteiger partial charge in [-0.2, -0.15) is 10.4 Å². The van der Waals surface area contributed by atoms with Crippen LogP contribution < -0.4 is 15.7 Å². The van der Waals surface area contributed by atoms with Crippen molar-refractivity contribution in [1.82, 2.24) is 14.9 Å². The van der Waals surface area contributed by atoms with Gasteiger partial charge in [-0.05, 0) is 37.4 Å². The molecule has 0 amide bonds. The highest BCUT2D eigenvalue weighted by atomic mass is 16.5. The average molecular weight is 322 g/mol. The van der Waals surface area contributed by atoms with Crippen molar-refractivity contribution in [2.45, 2.75) is 25.1 Å². The number of rotatable bonds is 3. The first-order valence-electron chi connectivity index (χ1n) is 7.52. The number of benzene rings is 1. The predicted octanol–water partition coefficient (Wildman–Crippen LogP) is 2.08. The Kier molecular flexibility index (Phi) is 3.20. The van der Waals surface area contributed by atoms with Crippen LogP contribution in [-0.2, 0) is 0 Å². The highest BCUT2D eigenvalue weighted by Crippen LogP contribution is 2.37. The number of aromatic amines is 1. The van der Waals surface area contributed by atoms with E-state index in [0.29, 0.717) is 17.3 Å². The number of nitrogens with zero attached hydrogens (tertiary/aromatic N) is 4. The van der Waals surface area contributed by atoms with Gasteiger partial charge in [0.05, 0.1) is 17.3 Å². The standard InChI is InChI=1S/C16H14N6O2/c1-9(8-17)24-11-4-2-10(3-5-11)22-13-12-6-7-18-14(12)20-21-15(13)19-16(22)23/h2-7,9,12,14,18H,1H3,(H,19,23). The summed E-state index contributed by atoms with van der Waals surface area (Å²) in [5, 5.41) is 20.2. The number of nitriles is 1. The SMILES string of the molecule is CC(C#N)Oc1ccc(-n2c3c([nH]c2=O)N=NC2NC=CC32)cc1. The Morgan fingerprint density at radius 2 is 2.17 bits per heavy atom. The first kappa shape index (κ1) is 14.3. The zero-order valence-electron chi connectivity index (χ0n) is 12.8. The van der Waals surface area contributed by atoms with Crippen molar-refractivity contribution >= 4 is 5.82 Å². The van der Waals surface area contributed by atoms with Crippen LogP contribution >= 0.6 is 0 Å². The summed E-state index contributed by atoms with van der Waals surface area (Å²) in [6.07, 6.45) is 3.08. The van der Waals surface area contributed by atoms with Gasteiger partial charge in [0.2, 0.25) is 0 Å². The Hall–Kier alpha value is -3.34. The van der Waals surface area contributed by atoms with Crippen LogP contribution in [0, 0.1) is 11.3 Å². The van der Waals surface area contributed by atoms with Crippen molar-refractivity contribution in [3.63, 3.8) is 0 Å². The minimum atomic E-state index is -0.533. The minimum absolute atomic E-state index is 0.0500. The maximum atomic E-state index is 12.4. The molecule has 2 aromatic rings. The Balaban J connectivity index is 1.75. The summed E-state index contributed by atoms with van der Waals surface area (Å²) < 4.78 is 7.03. The van der Waals surface area contributed by atoms with Crippen molar-refractivity contribution in [3.8, 4) is 17.5 Å². The van der Waals surface area contributed by atoms with Crippen LogP contribution in [0.25, 0.3) is 5.69 Å². The van der Waals surface area contributed by atoms with E-state index in [9.17, 15) is 4.79 Å². The summed E-state index contributed by atoms with van der Waals surface area (Å²) >= 11 is 0. The van der Waals surface area contributed by atoms with E-state index >= 15 is 0 Å². The highest BCUT2D eigenvalue weighted by Gasteiger charge is 2.34. The normalized spacial score (nSPS) is 21.5. The lowest BCUT2D eigenvalue weighted by Crippen LogP contribution is -2.27. The fourth-order valence-corrected chi connectivity index (χ4v) is 2.91. The molecule has 0 fully saturated rings. The molecule has 120 valence electrons. The second-order valence-corrected chi connectivity index (χ2v) is 5.59. The molecule has 2 aliphatic rings. The van der Waals surface area contributed by atoms with E-state index < -0.39 is 6.10 Å². The average Bonchev–Trinajstić information content (AvgIpc) is 3.18. The molecular formula is C16H14N6O2. The molecule has 0 saturated carbocycles. The van der Waals surface area contributed by atoms with Crippen molar-refractivity contribution in [1.29, 1.82) is 5.26 Å². The number of hydrogen-bond acceptors (Lipinski definition) is 6. The number of aromatic nitrogens is 2. The summed E-state index contributed by atoms with van der Waals surface area (Å²) in [6, 6.07) is 9.04.